The van der Waals surface area contributed by atoms with E-state index in [0.717, 1.165) is 30.5 Å². The van der Waals surface area contributed by atoms with Gasteiger partial charge in [-0.25, -0.2) is 4.39 Å². The number of esters is 1. The summed E-state index contributed by atoms with van der Waals surface area (Å²) in [5.74, 6) is 0.696. The number of hydrogen-bond acceptors (Lipinski definition) is 5. The lowest BCUT2D eigenvalue weighted by molar-refractivity contribution is -0.145. The third-order valence-corrected chi connectivity index (χ3v) is 7.21. The molecule has 2 aromatic rings. The summed E-state index contributed by atoms with van der Waals surface area (Å²) in [5.41, 5.74) is 0.846. The van der Waals surface area contributed by atoms with Crippen molar-refractivity contribution in [3.05, 3.63) is 64.7 Å². The fraction of sp³-hybridized carbons (Fsp3) is 0.536. The van der Waals surface area contributed by atoms with E-state index in [1.807, 2.05) is 36.1 Å². The van der Waals surface area contributed by atoms with Crippen LogP contribution in [0.15, 0.2) is 42.5 Å². The predicted octanol–water partition coefficient (Wildman–Crippen LogP) is 5.76. The van der Waals surface area contributed by atoms with Gasteiger partial charge in [-0.2, -0.15) is 13.2 Å². The first-order valence-electron chi connectivity index (χ1n) is 12.6. The fourth-order valence-corrected chi connectivity index (χ4v) is 5.10. The number of ether oxygens (including phenoxy) is 3. The molecule has 1 unspecified atom stereocenters. The molecule has 1 aliphatic heterocycles. The van der Waals surface area contributed by atoms with Crippen LogP contribution in [0.4, 0.5) is 17.6 Å². The predicted molar refractivity (Wildman–Crippen MR) is 130 cm³/mol. The number of benzene rings is 2. The van der Waals surface area contributed by atoms with Gasteiger partial charge < -0.3 is 14.2 Å². The van der Waals surface area contributed by atoms with Gasteiger partial charge in [0.25, 0.3) is 0 Å². The van der Waals surface area contributed by atoms with Crippen molar-refractivity contribution in [1.29, 1.82) is 0 Å². The lowest BCUT2D eigenvalue weighted by Gasteiger charge is -2.33. The van der Waals surface area contributed by atoms with Crippen LogP contribution in [0.2, 0.25) is 0 Å². The average Bonchev–Trinajstić information content (AvgIpc) is 3.72. The van der Waals surface area contributed by atoms with Crippen LogP contribution in [-0.4, -0.2) is 50.4 Å². The van der Waals surface area contributed by atoms with Crippen molar-refractivity contribution < 1.29 is 36.6 Å². The van der Waals surface area contributed by atoms with E-state index in [9.17, 15) is 22.4 Å². The molecule has 0 spiro atoms. The van der Waals surface area contributed by atoms with Gasteiger partial charge in [0.1, 0.15) is 25.1 Å². The molecule has 5 nitrogen and oxygen atoms in total. The first-order valence-corrected chi connectivity index (χ1v) is 12.6. The van der Waals surface area contributed by atoms with Gasteiger partial charge in [0.05, 0.1) is 25.2 Å². The number of carbonyl (C=O) groups excluding carboxylic acids is 1. The summed E-state index contributed by atoms with van der Waals surface area (Å²) >= 11 is 0. The first-order chi connectivity index (χ1) is 17.7. The summed E-state index contributed by atoms with van der Waals surface area (Å²) in [5, 5.41) is 0. The van der Waals surface area contributed by atoms with Gasteiger partial charge >= 0.3 is 12.1 Å². The van der Waals surface area contributed by atoms with Crippen LogP contribution in [0.1, 0.15) is 47.9 Å². The maximum atomic E-state index is 13.4. The number of hydrogen-bond donors (Lipinski definition) is 0. The fourth-order valence-electron chi connectivity index (χ4n) is 5.10. The van der Waals surface area contributed by atoms with Crippen LogP contribution >= 0.6 is 0 Å². The number of rotatable bonds is 10. The van der Waals surface area contributed by atoms with Crippen molar-refractivity contribution >= 4 is 5.97 Å². The number of halogens is 4. The Kier molecular flexibility index (Phi) is 8.75. The highest BCUT2D eigenvalue weighted by Gasteiger charge is 2.39. The highest BCUT2D eigenvalue weighted by molar-refractivity contribution is 5.73. The number of alkyl halides is 4. The summed E-state index contributed by atoms with van der Waals surface area (Å²) in [6, 6.07) is 10.9. The van der Waals surface area contributed by atoms with Gasteiger partial charge in [0.15, 0.2) is 0 Å². The zero-order chi connectivity index (χ0) is 26.6. The Morgan fingerprint density at radius 1 is 1.16 bits per heavy atom. The number of methoxy groups -OCH3 is 1. The Hall–Kier alpha value is -2.65. The lowest BCUT2D eigenvalue weighted by Crippen LogP contribution is -2.44. The summed E-state index contributed by atoms with van der Waals surface area (Å²) in [6.45, 7) is 2.92. The molecule has 0 N–H and O–H groups in total. The van der Waals surface area contributed by atoms with Crippen molar-refractivity contribution in [2.75, 3.05) is 33.4 Å². The molecule has 3 atom stereocenters. The van der Waals surface area contributed by atoms with Crippen LogP contribution < -0.4 is 4.74 Å². The highest BCUT2D eigenvalue weighted by atomic mass is 19.4. The van der Waals surface area contributed by atoms with Crippen LogP contribution in [-0.2, 0) is 33.7 Å². The summed E-state index contributed by atoms with van der Waals surface area (Å²) in [4.78, 5) is 14.2. The molecule has 202 valence electrons. The van der Waals surface area contributed by atoms with Gasteiger partial charge in [0, 0.05) is 19.6 Å². The average molecular weight is 524 g/mol. The normalized spacial score (nSPS) is 20.3. The quantitative estimate of drug-likeness (QED) is 0.293. The molecule has 0 amide bonds. The van der Waals surface area contributed by atoms with E-state index in [-0.39, 0.29) is 42.6 Å². The standard InChI is InChI=1S/C28H33F4NO4/c1-18(27(34)35-2)26(19-6-7-19)20-4-3-5-24(13-20)37-17-25-16-33(10-11-36-25)15-22-12-23(28(30,31)32)9-8-21(22)14-29/h3-5,8-9,12-13,18-19,25-26H,6-7,10-11,14-17H2,1-2H3/t18-,25?,26-/m0/s1. The van der Waals surface area contributed by atoms with Crippen LogP contribution in [0.25, 0.3) is 0 Å². The first kappa shape index (κ1) is 27.4. The van der Waals surface area contributed by atoms with E-state index in [0.29, 0.717) is 36.9 Å². The van der Waals surface area contributed by atoms with Crippen molar-refractivity contribution in [2.45, 2.75) is 51.2 Å². The van der Waals surface area contributed by atoms with Crippen molar-refractivity contribution in [3.63, 3.8) is 0 Å². The Morgan fingerprint density at radius 3 is 2.62 bits per heavy atom. The maximum Gasteiger partial charge on any atom is 0.416 e. The lowest BCUT2D eigenvalue weighted by atomic mass is 9.83. The SMILES string of the molecule is COC(=O)[C@@H](C)[C@H](c1cccc(OCC2CN(Cc3cc(C(F)(F)F)ccc3CF)CCO2)c1)C1CC1. The molecule has 1 heterocycles. The number of carbonyl (C=O) groups is 1. The second-order valence-electron chi connectivity index (χ2n) is 9.90. The largest absolute Gasteiger partial charge is 0.491 e. The molecule has 2 aliphatic rings. The third kappa shape index (κ3) is 7.02. The summed E-state index contributed by atoms with van der Waals surface area (Å²) in [7, 11) is 1.40. The third-order valence-electron chi connectivity index (χ3n) is 7.21. The van der Waals surface area contributed by atoms with Gasteiger partial charge in [-0.15, -0.1) is 0 Å². The zero-order valence-electron chi connectivity index (χ0n) is 21.1. The van der Waals surface area contributed by atoms with Crippen LogP contribution in [0, 0.1) is 11.8 Å². The van der Waals surface area contributed by atoms with E-state index >= 15 is 0 Å². The van der Waals surface area contributed by atoms with Crippen molar-refractivity contribution in [1.82, 2.24) is 4.90 Å². The maximum absolute atomic E-state index is 13.4. The molecule has 4 rings (SSSR count). The Labute approximate surface area is 214 Å². The molecule has 0 bridgehead atoms. The molecule has 2 fully saturated rings. The van der Waals surface area contributed by atoms with E-state index in [2.05, 4.69) is 0 Å². The van der Waals surface area contributed by atoms with E-state index in [1.165, 1.54) is 13.2 Å². The van der Waals surface area contributed by atoms with E-state index < -0.39 is 18.4 Å². The summed E-state index contributed by atoms with van der Waals surface area (Å²) in [6.07, 6.45) is -2.60. The Balaban J connectivity index is 1.38. The van der Waals surface area contributed by atoms with Gasteiger partial charge in [-0.1, -0.05) is 25.1 Å². The minimum atomic E-state index is -4.48. The molecule has 9 heteroatoms. The minimum Gasteiger partial charge on any atom is -0.491 e. The zero-order valence-corrected chi connectivity index (χ0v) is 21.1. The Bertz CT molecular complexity index is 1070. The molecule has 37 heavy (non-hydrogen) atoms. The van der Waals surface area contributed by atoms with E-state index in [4.69, 9.17) is 14.2 Å². The van der Waals surface area contributed by atoms with Crippen molar-refractivity contribution in [3.8, 4) is 5.75 Å². The molecule has 0 aromatic heterocycles. The van der Waals surface area contributed by atoms with Gasteiger partial charge in [-0.3, -0.25) is 9.69 Å². The van der Waals surface area contributed by atoms with E-state index in [1.54, 1.807) is 0 Å². The highest BCUT2D eigenvalue weighted by Crippen LogP contribution is 2.47. The minimum absolute atomic E-state index is 0.0644. The number of morpholine rings is 1. The molecule has 1 saturated carbocycles. The molecule has 0 radical (unpaired) electrons. The van der Waals surface area contributed by atoms with Crippen molar-refractivity contribution in [2.24, 2.45) is 11.8 Å². The smallest absolute Gasteiger partial charge is 0.416 e. The molecule has 1 saturated heterocycles. The molecule has 1 aliphatic carbocycles. The van der Waals surface area contributed by atoms with Crippen LogP contribution in [0.3, 0.4) is 0 Å². The molecule has 2 aromatic carbocycles. The summed E-state index contributed by atoms with van der Waals surface area (Å²) < 4.78 is 69.8. The monoisotopic (exact) mass is 523 g/mol. The second kappa shape index (κ2) is 11.8. The topological polar surface area (TPSA) is 48.0 Å². The van der Waals surface area contributed by atoms with Crippen LogP contribution in [0.5, 0.6) is 5.75 Å². The Morgan fingerprint density at radius 2 is 1.95 bits per heavy atom. The van der Waals surface area contributed by atoms with Gasteiger partial charge in [0.2, 0.25) is 0 Å². The number of nitrogens with zero attached hydrogens (tertiary/aromatic N) is 1. The van der Waals surface area contributed by atoms with Gasteiger partial charge in [-0.05, 0) is 65.6 Å². The molecular formula is C28H33F4NO4. The molecular weight excluding hydrogens is 490 g/mol. The second-order valence-corrected chi connectivity index (χ2v) is 9.90.